The van der Waals surface area contributed by atoms with Crippen molar-refractivity contribution < 1.29 is 30.0 Å². The topological polar surface area (TPSA) is 86.9 Å². The number of benzene rings is 2. The van der Waals surface area contributed by atoms with Crippen LogP contribution < -0.4 is 0 Å². The van der Waals surface area contributed by atoms with E-state index in [9.17, 15) is 9.90 Å². The van der Waals surface area contributed by atoms with E-state index in [1.165, 1.54) is 11.6 Å². The van der Waals surface area contributed by atoms with E-state index >= 15 is 0 Å². The molecule has 5 nitrogen and oxygen atoms in total. The largest absolute Gasteiger partial charge is 0.512 e. The summed E-state index contributed by atoms with van der Waals surface area (Å²) in [6.45, 7) is 21.1. The second-order valence-corrected chi connectivity index (χ2v) is 13.6. The molecule has 47 heavy (non-hydrogen) atoms. The number of hydrogen-bond acceptors (Lipinski definition) is 5. The molecule has 0 amide bonds. The molecule has 1 N–H and O–H groups in total. The average molecular weight is 815 g/mol. The predicted molar refractivity (Wildman–Crippen MR) is 192 cm³/mol. The number of rotatable bonds is 13. The van der Waals surface area contributed by atoms with Gasteiger partial charge >= 0.3 is 0 Å². The van der Waals surface area contributed by atoms with E-state index in [2.05, 4.69) is 79.7 Å². The molecule has 2 aromatic carbocycles. The van der Waals surface area contributed by atoms with Crippen molar-refractivity contribution in [2.45, 2.75) is 126 Å². The summed E-state index contributed by atoms with van der Waals surface area (Å²) >= 11 is 0. The van der Waals surface area contributed by atoms with Crippen LogP contribution in [-0.4, -0.2) is 20.9 Å². The third-order valence-electron chi connectivity index (χ3n) is 8.36. The van der Waals surface area contributed by atoms with Crippen molar-refractivity contribution in [2.24, 2.45) is 11.8 Å². The first kappa shape index (κ1) is 41.9. The van der Waals surface area contributed by atoms with Crippen LogP contribution in [0.25, 0.3) is 22.5 Å². The van der Waals surface area contributed by atoms with Gasteiger partial charge in [-0.1, -0.05) is 87.1 Å². The van der Waals surface area contributed by atoms with Crippen LogP contribution in [-0.2, 0) is 30.3 Å². The number of hydrogen-bond donors (Lipinski definition) is 1. The number of carbonyl (C=O) groups excluding carboxylic acids is 1. The molecule has 1 heterocycles. The standard InChI is InChI=1S/C24H24N3.C17H32O2.Ir/c1-15-9-19(12-20(10-15)24(4,5)6)23-17(3)27-22(14-26-23)21-8-7-18(13-25)11-16(21)2;1-5-9-14(10-6-2)16(18)13-17(19)15(11-7-3)12-8-4;/h7-8,10-12,14H,1-6H3;13-15,18H,5-12H2,1-4H3;/q-1;;/b;16-13-;. The Kier molecular flexibility index (Phi) is 18.1. The van der Waals surface area contributed by atoms with Crippen LogP contribution in [0.3, 0.4) is 0 Å². The van der Waals surface area contributed by atoms with Crippen LogP contribution in [0, 0.1) is 50.0 Å². The molecule has 257 valence electrons. The Morgan fingerprint density at radius 2 is 1.51 bits per heavy atom. The molecule has 1 radical (unpaired) electrons. The number of aliphatic hydroxyl groups excluding tert-OH is 1. The number of allylic oxidation sites excluding steroid dienone is 2. The summed E-state index contributed by atoms with van der Waals surface area (Å²) in [6.07, 6.45) is 11.3. The summed E-state index contributed by atoms with van der Waals surface area (Å²) < 4.78 is 0. The van der Waals surface area contributed by atoms with Crippen LogP contribution in [0.15, 0.2) is 48.4 Å². The summed E-state index contributed by atoms with van der Waals surface area (Å²) in [4.78, 5) is 21.7. The molecule has 0 fully saturated rings. The maximum Gasteiger partial charge on any atom is 0.162 e. The zero-order valence-electron chi connectivity index (χ0n) is 30.4. The monoisotopic (exact) mass is 815 g/mol. The van der Waals surface area contributed by atoms with Gasteiger partial charge in [-0.25, -0.2) is 0 Å². The summed E-state index contributed by atoms with van der Waals surface area (Å²) in [7, 11) is 0. The Balaban J connectivity index is 0.000000492. The van der Waals surface area contributed by atoms with Crippen molar-refractivity contribution >= 4 is 5.78 Å². The minimum Gasteiger partial charge on any atom is -0.512 e. The fraction of sp³-hybridized carbons (Fsp3) is 0.512. The zero-order valence-corrected chi connectivity index (χ0v) is 32.8. The molecule has 1 aromatic heterocycles. The van der Waals surface area contributed by atoms with Gasteiger partial charge in [0.25, 0.3) is 0 Å². The van der Waals surface area contributed by atoms with Gasteiger partial charge in [0.2, 0.25) is 0 Å². The molecule has 0 aliphatic heterocycles. The number of nitriles is 1. The van der Waals surface area contributed by atoms with Gasteiger partial charge in [-0.3, -0.25) is 9.78 Å². The zero-order chi connectivity index (χ0) is 34.4. The van der Waals surface area contributed by atoms with Crippen LogP contribution in [0.5, 0.6) is 0 Å². The van der Waals surface area contributed by atoms with Crippen molar-refractivity contribution in [3.8, 4) is 28.6 Å². The fourth-order valence-corrected chi connectivity index (χ4v) is 5.82. The molecule has 0 bridgehead atoms. The molecule has 0 unspecified atom stereocenters. The third kappa shape index (κ3) is 12.8. The van der Waals surface area contributed by atoms with Gasteiger partial charge in [0, 0.05) is 61.2 Å². The van der Waals surface area contributed by atoms with E-state index in [4.69, 9.17) is 15.2 Å². The molecule has 0 aliphatic carbocycles. The van der Waals surface area contributed by atoms with Gasteiger partial charge in [-0.05, 0) is 62.6 Å². The van der Waals surface area contributed by atoms with Crippen molar-refractivity contribution in [1.82, 2.24) is 9.97 Å². The third-order valence-corrected chi connectivity index (χ3v) is 8.36. The van der Waals surface area contributed by atoms with E-state index in [-0.39, 0.29) is 43.1 Å². The van der Waals surface area contributed by atoms with Crippen molar-refractivity contribution in [2.75, 3.05) is 0 Å². The van der Waals surface area contributed by atoms with E-state index < -0.39 is 0 Å². The first-order valence-electron chi connectivity index (χ1n) is 17.1. The SMILES string of the molecule is CCCC(CCC)C(=O)/C=C(\O)C(CCC)CCC.Cc1[c-]c(-c2ncc(-c3ccc(C#N)cc3C)nc2C)cc(C(C)(C)C)c1.[Ir]. The maximum atomic E-state index is 12.2. The molecule has 6 heteroatoms. The normalized spacial score (nSPS) is 11.5. The van der Waals surface area contributed by atoms with Gasteiger partial charge in [0.1, 0.15) is 0 Å². The van der Waals surface area contributed by atoms with Gasteiger partial charge in [0.15, 0.2) is 5.78 Å². The van der Waals surface area contributed by atoms with Gasteiger partial charge < -0.3 is 10.1 Å². The molecule has 3 rings (SSSR count). The quantitative estimate of drug-likeness (QED) is 0.105. The van der Waals surface area contributed by atoms with E-state index in [0.29, 0.717) is 11.3 Å². The second kappa shape index (κ2) is 20.3. The van der Waals surface area contributed by atoms with Crippen LogP contribution in [0.4, 0.5) is 0 Å². The Morgan fingerprint density at radius 1 is 0.936 bits per heavy atom. The predicted octanol–water partition coefficient (Wildman–Crippen LogP) is 11.1. The first-order chi connectivity index (χ1) is 21.8. The Labute approximate surface area is 298 Å². The Hall–Kier alpha value is -3.13. The van der Waals surface area contributed by atoms with Crippen LogP contribution in [0.2, 0.25) is 0 Å². The molecule has 0 saturated heterocycles. The number of nitrogens with zero attached hydrogens (tertiary/aromatic N) is 3. The number of aromatic nitrogens is 2. The van der Waals surface area contributed by atoms with Gasteiger partial charge in [-0.15, -0.1) is 34.9 Å². The second-order valence-electron chi connectivity index (χ2n) is 13.6. The summed E-state index contributed by atoms with van der Waals surface area (Å²) in [5.74, 6) is 0.702. The summed E-state index contributed by atoms with van der Waals surface area (Å²) in [6, 6.07) is 15.6. The number of ketones is 1. The molecular formula is C41H56IrN3O2-. The molecule has 0 saturated carbocycles. The van der Waals surface area contributed by atoms with E-state index in [1.807, 2.05) is 38.2 Å². The van der Waals surface area contributed by atoms with Crippen molar-refractivity contribution in [3.63, 3.8) is 0 Å². The molecule has 0 aliphatic rings. The van der Waals surface area contributed by atoms with Crippen molar-refractivity contribution in [1.29, 1.82) is 5.26 Å². The van der Waals surface area contributed by atoms with Crippen LogP contribution in [0.1, 0.15) is 128 Å². The number of aryl methyl sites for hydroxylation is 3. The smallest absolute Gasteiger partial charge is 0.162 e. The minimum absolute atomic E-state index is 0. The number of aliphatic hydroxyl groups is 1. The Bertz CT molecular complexity index is 1500. The molecule has 0 spiro atoms. The maximum absolute atomic E-state index is 12.2. The molecule has 0 atom stereocenters. The minimum atomic E-state index is 0. The van der Waals surface area contributed by atoms with Crippen LogP contribution >= 0.6 is 0 Å². The number of carbonyl (C=O) groups is 1. The van der Waals surface area contributed by atoms with E-state index in [0.717, 1.165) is 90.7 Å². The Morgan fingerprint density at radius 3 is 2.00 bits per heavy atom. The first-order valence-corrected chi connectivity index (χ1v) is 17.1. The molecular weight excluding hydrogens is 759 g/mol. The summed E-state index contributed by atoms with van der Waals surface area (Å²) in [5.41, 5.74) is 8.64. The van der Waals surface area contributed by atoms with Gasteiger partial charge in [-0.2, -0.15) is 5.26 Å². The van der Waals surface area contributed by atoms with Gasteiger partial charge in [0.05, 0.1) is 23.1 Å². The average Bonchev–Trinajstić information content (AvgIpc) is 3.00. The van der Waals surface area contributed by atoms with E-state index in [1.54, 1.807) is 0 Å². The fourth-order valence-electron chi connectivity index (χ4n) is 5.82. The van der Waals surface area contributed by atoms with Crippen molar-refractivity contribution in [3.05, 3.63) is 82.4 Å². The summed E-state index contributed by atoms with van der Waals surface area (Å²) in [5, 5.41) is 19.2. The molecule has 3 aromatic rings.